The van der Waals surface area contributed by atoms with E-state index in [0.29, 0.717) is 24.5 Å². The predicted molar refractivity (Wildman–Crippen MR) is 116 cm³/mol. The first-order chi connectivity index (χ1) is 14.5. The number of anilines is 1. The van der Waals surface area contributed by atoms with Crippen LogP contribution in [0.15, 0.2) is 48.5 Å². The molecular formula is C23H29N3O4. The standard InChI is InChI=1S/C23H29N3O4/c1-3-29-22-10-5-4-9-21(22)23(28)25-19-11-12-26(16-19)13-14-30-20-8-6-7-18(15-20)24-17(2)27/h4-10,15,19H,3,11-14,16H2,1-2H3,(H,24,27)(H,25,28). The third-order valence-electron chi connectivity index (χ3n) is 4.87. The summed E-state index contributed by atoms with van der Waals surface area (Å²) in [5.74, 6) is 1.12. The van der Waals surface area contributed by atoms with Gasteiger partial charge < -0.3 is 20.1 Å². The summed E-state index contributed by atoms with van der Waals surface area (Å²) >= 11 is 0. The van der Waals surface area contributed by atoms with Crippen LogP contribution in [0, 0.1) is 0 Å². The Labute approximate surface area is 177 Å². The lowest BCUT2D eigenvalue weighted by molar-refractivity contribution is -0.114. The number of nitrogens with one attached hydrogen (secondary N) is 2. The maximum atomic E-state index is 12.6. The summed E-state index contributed by atoms with van der Waals surface area (Å²) in [5, 5.41) is 5.86. The van der Waals surface area contributed by atoms with Crippen LogP contribution in [0.3, 0.4) is 0 Å². The van der Waals surface area contributed by atoms with E-state index in [4.69, 9.17) is 9.47 Å². The molecule has 2 aromatic carbocycles. The van der Waals surface area contributed by atoms with Gasteiger partial charge in [-0.05, 0) is 37.6 Å². The highest BCUT2D eigenvalue weighted by Crippen LogP contribution is 2.20. The number of likely N-dealkylation sites (tertiary alicyclic amines) is 1. The van der Waals surface area contributed by atoms with Gasteiger partial charge in [-0.25, -0.2) is 0 Å². The largest absolute Gasteiger partial charge is 0.493 e. The second-order valence-corrected chi connectivity index (χ2v) is 7.25. The first-order valence-corrected chi connectivity index (χ1v) is 10.3. The molecule has 30 heavy (non-hydrogen) atoms. The van der Waals surface area contributed by atoms with Gasteiger partial charge in [0.15, 0.2) is 0 Å². The molecule has 0 spiro atoms. The van der Waals surface area contributed by atoms with Crippen molar-refractivity contribution in [3.63, 3.8) is 0 Å². The molecule has 7 nitrogen and oxygen atoms in total. The molecule has 0 radical (unpaired) electrons. The van der Waals surface area contributed by atoms with E-state index in [1.54, 1.807) is 6.07 Å². The minimum absolute atomic E-state index is 0.100. The molecule has 1 aliphatic heterocycles. The molecule has 0 bridgehead atoms. The van der Waals surface area contributed by atoms with Gasteiger partial charge in [-0.15, -0.1) is 0 Å². The summed E-state index contributed by atoms with van der Waals surface area (Å²) in [5.41, 5.74) is 1.29. The van der Waals surface area contributed by atoms with Gasteiger partial charge in [0, 0.05) is 44.4 Å². The maximum absolute atomic E-state index is 12.6. The van der Waals surface area contributed by atoms with Crippen LogP contribution < -0.4 is 20.1 Å². The van der Waals surface area contributed by atoms with Gasteiger partial charge in [-0.2, -0.15) is 0 Å². The fraction of sp³-hybridized carbons (Fsp3) is 0.391. The van der Waals surface area contributed by atoms with Crippen molar-refractivity contribution in [3.05, 3.63) is 54.1 Å². The fourth-order valence-corrected chi connectivity index (χ4v) is 3.51. The molecule has 2 aromatic rings. The van der Waals surface area contributed by atoms with E-state index in [9.17, 15) is 9.59 Å². The number of ether oxygens (including phenoxy) is 2. The van der Waals surface area contributed by atoms with Crippen molar-refractivity contribution in [2.24, 2.45) is 0 Å². The lowest BCUT2D eigenvalue weighted by Gasteiger charge is -2.18. The Morgan fingerprint density at radius 1 is 1.13 bits per heavy atom. The SMILES string of the molecule is CCOc1ccccc1C(=O)NC1CCN(CCOc2cccc(NC(C)=O)c2)C1. The first-order valence-electron chi connectivity index (χ1n) is 10.3. The highest BCUT2D eigenvalue weighted by atomic mass is 16.5. The minimum atomic E-state index is -0.110. The van der Waals surface area contributed by atoms with Crippen molar-refractivity contribution in [2.75, 3.05) is 38.2 Å². The zero-order valence-electron chi connectivity index (χ0n) is 17.5. The number of benzene rings is 2. The molecule has 2 amide bonds. The van der Waals surface area contributed by atoms with Gasteiger partial charge in [0.05, 0.1) is 12.2 Å². The van der Waals surface area contributed by atoms with Crippen LogP contribution in [-0.4, -0.2) is 55.6 Å². The summed E-state index contributed by atoms with van der Waals surface area (Å²) in [4.78, 5) is 26.1. The second-order valence-electron chi connectivity index (χ2n) is 7.25. The topological polar surface area (TPSA) is 79.9 Å². The van der Waals surface area contributed by atoms with E-state index >= 15 is 0 Å². The van der Waals surface area contributed by atoms with Gasteiger partial charge in [-0.3, -0.25) is 14.5 Å². The molecule has 0 aromatic heterocycles. The summed E-state index contributed by atoms with van der Waals surface area (Å²) in [6, 6.07) is 14.8. The Kier molecular flexibility index (Phi) is 7.68. The molecule has 1 aliphatic rings. The Morgan fingerprint density at radius 2 is 1.97 bits per heavy atom. The van der Waals surface area contributed by atoms with Crippen LogP contribution in [-0.2, 0) is 4.79 Å². The Bertz CT molecular complexity index is 871. The molecule has 2 N–H and O–H groups in total. The number of carbonyl (C=O) groups is 2. The number of hydrogen-bond donors (Lipinski definition) is 2. The monoisotopic (exact) mass is 411 g/mol. The van der Waals surface area contributed by atoms with Gasteiger partial charge in [0.2, 0.25) is 5.91 Å². The molecular weight excluding hydrogens is 382 g/mol. The first kappa shape index (κ1) is 21.6. The lowest BCUT2D eigenvalue weighted by atomic mass is 10.1. The molecule has 0 aliphatic carbocycles. The summed E-state index contributed by atoms with van der Waals surface area (Å²) in [6.07, 6.45) is 0.903. The number of hydrogen-bond acceptors (Lipinski definition) is 5. The quantitative estimate of drug-likeness (QED) is 0.663. The predicted octanol–water partition coefficient (Wildman–Crippen LogP) is 2.93. The molecule has 1 unspecified atom stereocenters. The minimum Gasteiger partial charge on any atom is -0.493 e. The van der Waals surface area contributed by atoms with E-state index in [-0.39, 0.29) is 17.9 Å². The summed E-state index contributed by atoms with van der Waals surface area (Å²) in [7, 11) is 0. The molecule has 3 rings (SSSR count). The van der Waals surface area contributed by atoms with E-state index in [1.165, 1.54) is 6.92 Å². The van der Waals surface area contributed by atoms with E-state index < -0.39 is 0 Å². The number of carbonyl (C=O) groups excluding carboxylic acids is 2. The average molecular weight is 412 g/mol. The van der Waals surface area contributed by atoms with Crippen LogP contribution in [0.1, 0.15) is 30.6 Å². The molecule has 160 valence electrons. The second kappa shape index (κ2) is 10.6. The Hall–Kier alpha value is -3.06. The molecule has 7 heteroatoms. The Morgan fingerprint density at radius 3 is 2.77 bits per heavy atom. The molecule has 1 fully saturated rings. The van der Waals surface area contributed by atoms with Crippen molar-refractivity contribution in [3.8, 4) is 11.5 Å². The van der Waals surface area contributed by atoms with Gasteiger partial charge in [-0.1, -0.05) is 18.2 Å². The normalized spacial score (nSPS) is 16.1. The zero-order valence-corrected chi connectivity index (χ0v) is 17.5. The van der Waals surface area contributed by atoms with Gasteiger partial charge in [0.25, 0.3) is 5.91 Å². The summed E-state index contributed by atoms with van der Waals surface area (Å²) < 4.78 is 11.4. The summed E-state index contributed by atoms with van der Waals surface area (Å²) in [6.45, 7) is 6.91. The van der Waals surface area contributed by atoms with Crippen molar-refractivity contribution < 1.29 is 19.1 Å². The van der Waals surface area contributed by atoms with Crippen LogP contribution in [0.2, 0.25) is 0 Å². The number of nitrogens with zero attached hydrogens (tertiary/aromatic N) is 1. The van der Waals surface area contributed by atoms with Crippen molar-refractivity contribution >= 4 is 17.5 Å². The van der Waals surface area contributed by atoms with Crippen molar-refractivity contribution in [1.82, 2.24) is 10.2 Å². The van der Waals surface area contributed by atoms with Gasteiger partial charge >= 0.3 is 0 Å². The van der Waals surface area contributed by atoms with Crippen LogP contribution in [0.4, 0.5) is 5.69 Å². The Balaban J connectivity index is 1.44. The number of rotatable bonds is 9. The van der Waals surface area contributed by atoms with Gasteiger partial charge in [0.1, 0.15) is 18.1 Å². The van der Waals surface area contributed by atoms with Crippen LogP contribution in [0.5, 0.6) is 11.5 Å². The van der Waals surface area contributed by atoms with Crippen molar-refractivity contribution in [2.45, 2.75) is 26.3 Å². The zero-order chi connectivity index (χ0) is 21.3. The molecule has 1 saturated heterocycles. The van der Waals surface area contributed by atoms with E-state index in [2.05, 4.69) is 15.5 Å². The number of para-hydroxylation sites is 1. The van der Waals surface area contributed by atoms with E-state index in [0.717, 1.165) is 37.5 Å². The third kappa shape index (κ3) is 6.22. The molecule has 1 heterocycles. The number of amides is 2. The smallest absolute Gasteiger partial charge is 0.255 e. The lowest BCUT2D eigenvalue weighted by Crippen LogP contribution is -2.38. The average Bonchev–Trinajstić information content (AvgIpc) is 3.15. The van der Waals surface area contributed by atoms with Crippen LogP contribution in [0.25, 0.3) is 0 Å². The molecule has 1 atom stereocenters. The highest BCUT2D eigenvalue weighted by molar-refractivity contribution is 5.97. The highest BCUT2D eigenvalue weighted by Gasteiger charge is 2.25. The maximum Gasteiger partial charge on any atom is 0.255 e. The third-order valence-corrected chi connectivity index (χ3v) is 4.87. The van der Waals surface area contributed by atoms with E-state index in [1.807, 2.05) is 49.4 Å². The van der Waals surface area contributed by atoms with Crippen molar-refractivity contribution in [1.29, 1.82) is 0 Å². The molecule has 0 saturated carbocycles. The van der Waals surface area contributed by atoms with Crippen LogP contribution >= 0.6 is 0 Å². The fourth-order valence-electron chi connectivity index (χ4n) is 3.51.